The van der Waals surface area contributed by atoms with E-state index in [9.17, 15) is 9.59 Å². The number of hydrogen-bond donors (Lipinski definition) is 2. The van der Waals surface area contributed by atoms with E-state index < -0.39 is 11.5 Å². The third-order valence-corrected chi connectivity index (χ3v) is 6.23. The highest BCUT2D eigenvalue weighted by molar-refractivity contribution is 5.86. The fourth-order valence-electron chi connectivity index (χ4n) is 4.00. The lowest BCUT2D eigenvalue weighted by molar-refractivity contribution is -0.141. The van der Waals surface area contributed by atoms with Crippen LogP contribution in [0.25, 0.3) is 0 Å². The molecule has 0 aliphatic rings. The van der Waals surface area contributed by atoms with Crippen LogP contribution in [0.2, 0.25) is 0 Å². The van der Waals surface area contributed by atoms with E-state index >= 15 is 0 Å². The lowest BCUT2D eigenvalue weighted by Gasteiger charge is -2.17. The minimum Gasteiger partial charge on any atom is -0.500 e. The fourth-order valence-corrected chi connectivity index (χ4v) is 4.00. The van der Waals surface area contributed by atoms with Gasteiger partial charge < -0.3 is 34.2 Å². The molecule has 1 aromatic heterocycles. The highest BCUT2D eigenvalue weighted by Gasteiger charge is 2.19. The fraction of sp³-hybridized carbons (Fsp3) is 0.441. The third-order valence-electron chi connectivity index (χ3n) is 6.23. The van der Waals surface area contributed by atoms with Crippen molar-refractivity contribution in [1.29, 1.82) is 0 Å². The molecule has 0 aliphatic heterocycles. The monoisotopic (exact) mass is 629 g/mol. The van der Waals surface area contributed by atoms with Gasteiger partial charge >= 0.3 is 5.97 Å². The summed E-state index contributed by atoms with van der Waals surface area (Å²) in [5, 5.41) is 0. The van der Waals surface area contributed by atoms with Gasteiger partial charge in [0.25, 0.3) is 5.56 Å². The molecule has 3 rings (SSSR count). The molecule has 11 heteroatoms. The molecule has 0 fully saturated rings. The second kappa shape index (κ2) is 18.9. The molecule has 11 nitrogen and oxygen atoms in total. The number of anilines is 1. The van der Waals surface area contributed by atoms with Gasteiger partial charge in [0.2, 0.25) is 11.5 Å². The van der Waals surface area contributed by atoms with Crippen LogP contribution in [0.15, 0.2) is 47.3 Å². The quantitative estimate of drug-likeness (QED) is 0.125. The first kappa shape index (κ1) is 40.3. The lowest BCUT2D eigenvalue weighted by atomic mass is 10.00. The number of H-pyrrole nitrogens is 1. The van der Waals surface area contributed by atoms with Crippen molar-refractivity contribution in [2.24, 2.45) is 0 Å². The summed E-state index contributed by atoms with van der Waals surface area (Å²) in [6.07, 6.45) is 2.56. The van der Waals surface area contributed by atoms with E-state index in [1.165, 1.54) is 19.6 Å². The number of nitrogens with zero attached hydrogens (tertiary/aromatic N) is 1. The third kappa shape index (κ3) is 11.1. The van der Waals surface area contributed by atoms with E-state index in [1.807, 2.05) is 65.8 Å². The number of carbonyl (C=O) groups excluding carboxylic acids is 1. The molecule has 0 bridgehead atoms. The first-order chi connectivity index (χ1) is 20.4. The molecular formula is C34H51N3O8. The molecule has 3 N–H and O–H groups in total. The first-order valence-corrected chi connectivity index (χ1v) is 13.8. The summed E-state index contributed by atoms with van der Waals surface area (Å²) in [7, 11) is 4.70. The van der Waals surface area contributed by atoms with Crippen LogP contribution in [-0.2, 0) is 14.3 Å². The van der Waals surface area contributed by atoms with Crippen LogP contribution in [0.1, 0.15) is 83.6 Å². The van der Waals surface area contributed by atoms with Gasteiger partial charge in [-0.05, 0) is 68.0 Å². The molecule has 0 atom stereocenters. The molecule has 1 heterocycles. The zero-order valence-electron chi connectivity index (χ0n) is 26.6. The number of benzene rings is 2. The van der Waals surface area contributed by atoms with Crippen molar-refractivity contribution in [1.82, 2.24) is 9.97 Å². The number of aromatic nitrogens is 2. The smallest absolute Gasteiger partial charge is 0.377 e. The number of nitrogens with one attached hydrogen (secondary N) is 1. The van der Waals surface area contributed by atoms with Crippen molar-refractivity contribution in [3.63, 3.8) is 0 Å². The Bertz CT molecular complexity index is 1480. The average molecular weight is 630 g/mol. The summed E-state index contributed by atoms with van der Waals surface area (Å²) in [5.41, 5.74) is 8.75. The molecule has 250 valence electrons. The number of aryl methyl sites for hydroxylation is 2. The highest BCUT2D eigenvalue weighted by Crippen LogP contribution is 2.36. The lowest BCUT2D eigenvalue weighted by Crippen LogP contribution is -2.14. The van der Waals surface area contributed by atoms with Crippen LogP contribution in [0.4, 0.5) is 5.95 Å². The molecule has 45 heavy (non-hydrogen) atoms. The standard InChI is InChI=1S/C17H24O5.C15H19N3O3.2CH4/c1-7-21-17(18)16(10-19-5)22-15-8-12(4)14(20-6)9-13(15)11(2)3;1-8(2)10-6-11(20-4)9(3)5-12(10)21-13-7-17-15(16)18-14(13)19;;/h8-11H,7H2,1-6H3;5-8H,1-4H3,(H3,16,17,18,19);2*1H4/b16-10+;;;. The van der Waals surface area contributed by atoms with Crippen LogP contribution in [-0.4, -0.2) is 43.9 Å². The predicted octanol–water partition coefficient (Wildman–Crippen LogP) is 7.41. The minimum absolute atomic E-state index is 0. The predicted molar refractivity (Wildman–Crippen MR) is 179 cm³/mol. The second-order valence-electron chi connectivity index (χ2n) is 10.1. The van der Waals surface area contributed by atoms with E-state index in [1.54, 1.807) is 21.1 Å². The van der Waals surface area contributed by atoms with Crippen LogP contribution < -0.4 is 30.2 Å². The molecule has 3 aromatic rings. The Hall–Kier alpha value is -4.67. The average Bonchev–Trinajstić information content (AvgIpc) is 2.94. The Labute approximate surface area is 267 Å². The molecule has 0 aliphatic carbocycles. The van der Waals surface area contributed by atoms with Crippen LogP contribution in [0.3, 0.4) is 0 Å². The normalized spacial score (nSPS) is 10.5. The number of esters is 1. The minimum atomic E-state index is -0.562. The SMILES string of the molecule is C.C.CCOC(=O)/C(=C\OC)Oc1cc(C)c(OC)cc1C(C)C.COc1cc(C(C)C)c(Oc2cnc(N)[nH]c2=O)cc1C. The van der Waals surface area contributed by atoms with Gasteiger partial charge in [-0.1, -0.05) is 42.5 Å². The zero-order valence-corrected chi connectivity index (χ0v) is 26.6. The number of hydrogen-bond acceptors (Lipinski definition) is 10. The number of methoxy groups -OCH3 is 3. The topological polar surface area (TPSA) is 144 Å². The molecule has 0 saturated carbocycles. The van der Waals surface area contributed by atoms with Crippen molar-refractivity contribution in [2.45, 2.75) is 75.2 Å². The van der Waals surface area contributed by atoms with Crippen molar-refractivity contribution in [3.05, 3.63) is 75.1 Å². The van der Waals surface area contributed by atoms with E-state index in [-0.39, 0.29) is 50.8 Å². The highest BCUT2D eigenvalue weighted by atomic mass is 16.6. The van der Waals surface area contributed by atoms with E-state index in [2.05, 4.69) is 9.97 Å². The number of rotatable bonds is 11. The molecule has 0 amide bonds. The number of ether oxygens (including phenoxy) is 6. The van der Waals surface area contributed by atoms with Gasteiger partial charge in [-0.2, -0.15) is 0 Å². The van der Waals surface area contributed by atoms with E-state index in [0.717, 1.165) is 33.8 Å². The maximum absolute atomic E-state index is 11.9. The van der Waals surface area contributed by atoms with Crippen molar-refractivity contribution < 1.29 is 33.2 Å². The molecule has 0 spiro atoms. The van der Waals surface area contributed by atoms with Gasteiger partial charge in [0, 0.05) is 11.1 Å². The number of carbonyl (C=O) groups is 1. The van der Waals surface area contributed by atoms with Crippen molar-refractivity contribution >= 4 is 11.9 Å². The van der Waals surface area contributed by atoms with Crippen LogP contribution in [0, 0.1) is 13.8 Å². The van der Waals surface area contributed by atoms with Crippen molar-refractivity contribution in [2.75, 3.05) is 33.7 Å². The Morgan fingerprint density at radius 3 is 1.82 bits per heavy atom. The summed E-state index contributed by atoms with van der Waals surface area (Å²) in [5.74, 6) is 2.80. The van der Waals surface area contributed by atoms with Gasteiger partial charge in [-0.25, -0.2) is 9.78 Å². The summed E-state index contributed by atoms with van der Waals surface area (Å²) >= 11 is 0. The van der Waals surface area contributed by atoms with Gasteiger partial charge in [0.1, 0.15) is 29.3 Å². The Morgan fingerprint density at radius 2 is 1.38 bits per heavy atom. The molecule has 0 unspecified atom stereocenters. The van der Waals surface area contributed by atoms with Gasteiger partial charge in [0.05, 0.1) is 34.1 Å². The Kier molecular flexibility index (Phi) is 16.9. The Balaban J connectivity index is 0.000000824. The molecular weight excluding hydrogens is 578 g/mol. The van der Waals surface area contributed by atoms with Gasteiger partial charge in [-0.15, -0.1) is 0 Å². The number of aromatic amines is 1. The summed E-state index contributed by atoms with van der Waals surface area (Å²) in [6, 6.07) is 7.54. The zero-order chi connectivity index (χ0) is 32.3. The first-order valence-electron chi connectivity index (χ1n) is 13.8. The maximum Gasteiger partial charge on any atom is 0.377 e. The molecule has 0 radical (unpaired) electrons. The van der Waals surface area contributed by atoms with Gasteiger partial charge in [-0.3, -0.25) is 9.78 Å². The summed E-state index contributed by atoms with van der Waals surface area (Å²) in [6.45, 7) is 14.0. The van der Waals surface area contributed by atoms with Crippen molar-refractivity contribution in [3.8, 4) is 28.7 Å². The Morgan fingerprint density at radius 1 is 0.867 bits per heavy atom. The summed E-state index contributed by atoms with van der Waals surface area (Å²) < 4.78 is 32.0. The van der Waals surface area contributed by atoms with Crippen LogP contribution in [0.5, 0.6) is 28.7 Å². The number of nitrogens with two attached hydrogens (primary N) is 1. The number of nitrogen functional groups attached to an aromatic ring is 1. The maximum atomic E-state index is 11.9. The summed E-state index contributed by atoms with van der Waals surface area (Å²) in [4.78, 5) is 30.0. The van der Waals surface area contributed by atoms with E-state index in [0.29, 0.717) is 11.5 Å². The van der Waals surface area contributed by atoms with Crippen LogP contribution >= 0.6 is 0 Å². The largest absolute Gasteiger partial charge is 0.500 e. The molecule has 0 saturated heterocycles. The van der Waals surface area contributed by atoms with Gasteiger partial charge in [0.15, 0.2) is 5.95 Å². The molecule has 2 aromatic carbocycles. The second-order valence-corrected chi connectivity index (χ2v) is 10.1. The van der Waals surface area contributed by atoms with E-state index in [4.69, 9.17) is 34.2 Å².